The number of carboxylic acid groups (broad SMARTS) is 1. The molecule has 0 aliphatic rings. The highest BCUT2D eigenvalue weighted by molar-refractivity contribution is 5.78. The van der Waals surface area contributed by atoms with Crippen LogP contribution in [0.25, 0.3) is 0 Å². The van der Waals surface area contributed by atoms with Gasteiger partial charge in [-0.3, -0.25) is 9.59 Å². The molecule has 7 nitrogen and oxygen atoms in total. The van der Waals surface area contributed by atoms with Crippen LogP contribution in [0.5, 0.6) is 0 Å². The Morgan fingerprint density at radius 3 is 2.29 bits per heavy atom. The lowest BCUT2D eigenvalue weighted by Gasteiger charge is -2.18. The zero-order chi connectivity index (χ0) is 11.3. The molecule has 0 aliphatic heterocycles. The molecule has 0 spiro atoms. The zero-order valence-electron chi connectivity index (χ0n) is 7.71. The zero-order valence-corrected chi connectivity index (χ0v) is 7.71. The van der Waals surface area contributed by atoms with Crippen molar-refractivity contribution in [3.8, 4) is 0 Å². The summed E-state index contributed by atoms with van der Waals surface area (Å²) in [5, 5.41) is 17.0. The van der Waals surface area contributed by atoms with E-state index in [4.69, 9.17) is 21.7 Å². The van der Waals surface area contributed by atoms with E-state index in [1.807, 2.05) is 0 Å². The second kappa shape index (κ2) is 5.53. The van der Waals surface area contributed by atoms with Gasteiger partial charge < -0.3 is 26.4 Å². The summed E-state index contributed by atoms with van der Waals surface area (Å²) >= 11 is 0. The Labute approximate surface area is 80.6 Å². The maximum atomic E-state index is 11.0. The number of aliphatic hydroxyl groups is 1. The van der Waals surface area contributed by atoms with Crippen molar-refractivity contribution in [2.75, 3.05) is 6.61 Å². The number of carbonyl (C=O) groups excluding carboxylic acids is 1. The molecule has 3 unspecified atom stereocenters. The molecule has 0 radical (unpaired) electrons. The van der Waals surface area contributed by atoms with Crippen LogP contribution in [-0.2, 0) is 14.3 Å². The van der Waals surface area contributed by atoms with Gasteiger partial charge in [-0.1, -0.05) is 0 Å². The van der Waals surface area contributed by atoms with E-state index in [2.05, 4.69) is 4.74 Å². The highest BCUT2D eigenvalue weighted by Gasteiger charge is 2.25. The Hall–Kier alpha value is -1.18. The van der Waals surface area contributed by atoms with E-state index in [0.717, 1.165) is 0 Å². The van der Waals surface area contributed by atoms with Crippen molar-refractivity contribution in [3.63, 3.8) is 0 Å². The summed E-state index contributed by atoms with van der Waals surface area (Å²) in [4.78, 5) is 21.3. The first-order chi connectivity index (χ1) is 6.40. The molecule has 0 aromatic rings. The normalized spacial score (nSPS) is 16.9. The maximum Gasteiger partial charge on any atom is 0.325 e. The smallest absolute Gasteiger partial charge is 0.325 e. The summed E-state index contributed by atoms with van der Waals surface area (Å²) in [6, 6.07) is -2.47. The number of hydrogen-bond donors (Lipinski definition) is 4. The lowest BCUT2D eigenvalue weighted by Crippen LogP contribution is -2.46. The van der Waals surface area contributed by atoms with Gasteiger partial charge >= 0.3 is 11.9 Å². The van der Waals surface area contributed by atoms with Gasteiger partial charge in [0.1, 0.15) is 18.2 Å². The molecular formula is C7H14N2O5. The van der Waals surface area contributed by atoms with Gasteiger partial charge in [-0.05, 0) is 6.92 Å². The molecule has 0 heterocycles. The number of aliphatic hydroxyl groups excluding tert-OH is 1. The van der Waals surface area contributed by atoms with Crippen molar-refractivity contribution < 1.29 is 24.5 Å². The maximum absolute atomic E-state index is 11.0. The first kappa shape index (κ1) is 12.8. The fourth-order valence-corrected chi connectivity index (χ4v) is 0.619. The number of ether oxygens (including phenoxy) is 1. The lowest BCUT2D eigenvalue weighted by molar-refractivity contribution is -0.155. The van der Waals surface area contributed by atoms with Gasteiger partial charge in [0, 0.05) is 0 Å². The number of carboxylic acids is 1. The van der Waals surface area contributed by atoms with Crippen molar-refractivity contribution in [2.45, 2.75) is 25.1 Å². The van der Waals surface area contributed by atoms with Gasteiger partial charge in [0.15, 0.2) is 0 Å². The third-order valence-corrected chi connectivity index (χ3v) is 1.59. The molecule has 3 atom stereocenters. The van der Waals surface area contributed by atoms with Gasteiger partial charge in [-0.25, -0.2) is 0 Å². The number of rotatable bonds is 5. The fourth-order valence-electron chi connectivity index (χ4n) is 0.619. The Morgan fingerprint density at radius 2 is 1.93 bits per heavy atom. The van der Waals surface area contributed by atoms with Gasteiger partial charge in [-0.15, -0.1) is 0 Å². The minimum absolute atomic E-state index is 0.562. The second-order valence-corrected chi connectivity index (χ2v) is 2.80. The number of hydrogen-bond acceptors (Lipinski definition) is 6. The fraction of sp³-hybridized carbons (Fsp3) is 0.714. The van der Waals surface area contributed by atoms with Crippen LogP contribution in [0.2, 0.25) is 0 Å². The molecular weight excluding hydrogens is 192 g/mol. The summed E-state index contributed by atoms with van der Waals surface area (Å²) in [5.74, 6) is -2.15. The first-order valence-corrected chi connectivity index (χ1v) is 3.95. The summed E-state index contributed by atoms with van der Waals surface area (Å²) in [5.41, 5.74) is 10.3. The van der Waals surface area contributed by atoms with Crippen LogP contribution in [0.3, 0.4) is 0 Å². The molecule has 0 amide bonds. The van der Waals surface area contributed by atoms with Crippen molar-refractivity contribution in [1.29, 1.82) is 0 Å². The third-order valence-electron chi connectivity index (χ3n) is 1.59. The molecule has 82 valence electrons. The average Bonchev–Trinajstić information content (AvgIpc) is 2.14. The van der Waals surface area contributed by atoms with E-state index < -0.39 is 36.7 Å². The predicted octanol–water partition coefficient (Wildman–Crippen LogP) is -2.35. The molecule has 0 aliphatic carbocycles. The average molecular weight is 206 g/mol. The summed E-state index contributed by atoms with van der Waals surface area (Å²) in [7, 11) is 0. The van der Waals surface area contributed by atoms with Crippen molar-refractivity contribution in [2.24, 2.45) is 11.5 Å². The Bertz CT molecular complexity index is 220. The van der Waals surface area contributed by atoms with E-state index in [9.17, 15) is 9.59 Å². The minimum atomic E-state index is -1.30. The van der Waals surface area contributed by atoms with Crippen LogP contribution < -0.4 is 11.5 Å². The topological polar surface area (TPSA) is 136 Å². The molecule has 0 rings (SSSR count). The quantitative estimate of drug-likeness (QED) is 0.370. The van der Waals surface area contributed by atoms with E-state index >= 15 is 0 Å². The third kappa shape index (κ3) is 3.69. The van der Waals surface area contributed by atoms with Crippen LogP contribution in [0, 0.1) is 0 Å². The van der Waals surface area contributed by atoms with Crippen LogP contribution in [-0.4, -0.2) is 46.9 Å². The highest BCUT2D eigenvalue weighted by Crippen LogP contribution is 1.98. The SMILES string of the molecule is CC(OC(=O)C(N)CO)C(N)C(=O)O. The number of nitrogens with two attached hydrogens (primary N) is 2. The molecule has 7 heteroatoms. The molecule has 14 heavy (non-hydrogen) atoms. The summed E-state index contributed by atoms with van der Waals surface area (Å²) in [6.45, 7) is 0.772. The summed E-state index contributed by atoms with van der Waals surface area (Å²) in [6.07, 6.45) is -0.988. The Kier molecular flexibility index (Phi) is 5.06. The number of aliphatic carboxylic acids is 1. The van der Waals surface area contributed by atoms with Gasteiger partial charge in [-0.2, -0.15) is 0 Å². The van der Waals surface area contributed by atoms with E-state index in [0.29, 0.717) is 0 Å². The summed E-state index contributed by atoms with van der Waals surface area (Å²) < 4.78 is 4.60. The van der Waals surface area contributed by atoms with Crippen LogP contribution in [0.15, 0.2) is 0 Å². The molecule has 0 bridgehead atoms. The van der Waals surface area contributed by atoms with Gasteiger partial charge in [0.05, 0.1) is 6.61 Å². The standard InChI is InChI=1S/C7H14N2O5/c1-3(5(9)6(11)12)14-7(13)4(8)2-10/h3-5,10H,2,8-9H2,1H3,(H,11,12). The van der Waals surface area contributed by atoms with Gasteiger partial charge in [0.2, 0.25) is 0 Å². The number of carbonyl (C=O) groups is 2. The van der Waals surface area contributed by atoms with Crippen molar-refractivity contribution >= 4 is 11.9 Å². The van der Waals surface area contributed by atoms with Crippen molar-refractivity contribution in [3.05, 3.63) is 0 Å². The second-order valence-electron chi connectivity index (χ2n) is 2.80. The molecule has 0 aromatic heterocycles. The van der Waals surface area contributed by atoms with E-state index in [-0.39, 0.29) is 0 Å². The molecule has 0 saturated heterocycles. The lowest BCUT2D eigenvalue weighted by atomic mass is 10.2. The van der Waals surface area contributed by atoms with Crippen LogP contribution in [0.4, 0.5) is 0 Å². The van der Waals surface area contributed by atoms with E-state index in [1.54, 1.807) is 0 Å². The van der Waals surface area contributed by atoms with Crippen LogP contribution >= 0.6 is 0 Å². The largest absolute Gasteiger partial charge is 0.480 e. The molecule has 0 aromatic carbocycles. The Morgan fingerprint density at radius 1 is 1.43 bits per heavy atom. The first-order valence-electron chi connectivity index (χ1n) is 3.95. The van der Waals surface area contributed by atoms with Crippen molar-refractivity contribution in [1.82, 2.24) is 0 Å². The molecule has 0 saturated carbocycles. The van der Waals surface area contributed by atoms with Gasteiger partial charge in [0.25, 0.3) is 0 Å². The molecule has 0 fully saturated rings. The van der Waals surface area contributed by atoms with Crippen LogP contribution in [0.1, 0.15) is 6.92 Å². The predicted molar refractivity (Wildman–Crippen MR) is 46.2 cm³/mol. The number of esters is 1. The Balaban J connectivity index is 4.12. The van der Waals surface area contributed by atoms with E-state index in [1.165, 1.54) is 6.92 Å². The molecule has 6 N–H and O–H groups in total. The minimum Gasteiger partial charge on any atom is -0.480 e. The monoisotopic (exact) mass is 206 g/mol. The highest BCUT2D eigenvalue weighted by atomic mass is 16.5.